The van der Waals surface area contributed by atoms with Gasteiger partial charge in [0.1, 0.15) is 0 Å². The minimum Gasteiger partial charge on any atom is -0.0995 e. The maximum absolute atomic E-state index is 2.62. The van der Waals surface area contributed by atoms with Gasteiger partial charge in [-0.3, -0.25) is 0 Å². The van der Waals surface area contributed by atoms with E-state index in [1.807, 2.05) is 0 Å². The van der Waals surface area contributed by atoms with Gasteiger partial charge < -0.3 is 0 Å². The Hall–Kier alpha value is 0.860. The van der Waals surface area contributed by atoms with E-state index < -0.39 is 0 Å². The van der Waals surface area contributed by atoms with Crippen molar-refractivity contribution in [3.05, 3.63) is 0 Å². The van der Waals surface area contributed by atoms with Gasteiger partial charge in [0.05, 0.1) is 0 Å². The van der Waals surface area contributed by atoms with Crippen molar-refractivity contribution in [2.45, 2.75) is 127 Å². The molecule has 0 spiro atoms. The molecule has 0 aliphatic heterocycles. The Labute approximate surface area is 179 Å². The molecule has 0 heterocycles. The maximum Gasteiger partial charge on any atom is -0.0181 e. The van der Waals surface area contributed by atoms with Crippen LogP contribution in [0, 0.1) is 23.7 Å². The number of hydrogen-bond acceptors (Lipinski definition) is 0. The Morgan fingerprint density at radius 2 is 0.679 bits per heavy atom. The van der Waals surface area contributed by atoms with Crippen molar-refractivity contribution in [1.29, 1.82) is 0 Å². The summed E-state index contributed by atoms with van der Waals surface area (Å²) in [6.07, 6.45) is 22.0. The van der Waals surface area contributed by atoms with Gasteiger partial charge in [0.15, 0.2) is 0 Å². The SMILES string of the molecule is CC1CCCC1P(CCP(C1CCCC1C)C1CCCC1C)C1CCCC1C. The van der Waals surface area contributed by atoms with E-state index in [0.29, 0.717) is 0 Å². The largest absolute Gasteiger partial charge is 0.0995 e. The third-order valence-corrected chi connectivity index (χ3v) is 17.9. The molecule has 4 fully saturated rings. The predicted octanol–water partition coefficient (Wildman–Crippen LogP) is 8.70. The molecule has 0 saturated heterocycles. The summed E-state index contributed by atoms with van der Waals surface area (Å²) in [6.45, 7) is 10.5. The van der Waals surface area contributed by atoms with Crippen LogP contribution in [0.5, 0.6) is 0 Å². The van der Waals surface area contributed by atoms with E-state index in [9.17, 15) is 0 Å². The van der Waals surface area contributed by atoms with E-state index in [1.165, 1.54) is 0 Å². The third kappa shape index (κ3) is 4.69. The Morgan fingerprint density at radius 1 is 0.429 bits per heavy atom. The van der Waals surface area contributed by atoms with Crippen LogP contribution in [-0.4, -0.2) is 35.0 Å². The Kier molecular flexibility index (Phi) is 7.87. The molecule has 0 amide bonds. The van der Waals surface area contributed by atoms with E-state index in [0.717, 1.165) is 46.3 Å². The summed E-state index contributed by atoms with van der Waals surface area (Å²) in [4.78, 5) is 0. The Morgan fingerprint density at radius 3 is 0.857 bits per heavy atom. The molecular weight excluding hydrogens is 374 g/mol. The molecule has 0 aromatic rings. The first-order chi connectivity index (χ1) is 13.6. The van der Waals surface area contributed by atoms with Gasteiger partial charge in [0.2, 0.25) is 0 Å². The smallest absolute Gasteiger partial charge is 0.0181 e. The average molecular weight is 423 g/mol. The third-order valence-electron chi connectivity index (χ3n) is 9.59. The summed E-state index contributed by atoms with van der Waals surface area (Å²) in [7, 11) is 0.570. The topological polar surface area (TPSA) is 0 Å². The molecule has 8 unspecified atom stereocenters. The van der Waals surface area contributed by atoms with E-state index in [1.54, 1.807) is 89.4 Å². The molecular formula is C26H48P2. The molecule has 162 valence electrons. The standard InChI is InChI=1S/C26H48P2/c1-19-9-5-13-23(19)27(24-14-6-10-20(24)2)17-18-28(25-15-7-11-21(25)3)26-16-8-12-22(26)4/h19-26H,5-18H2,1-4H3. The van der Waals surface area contributed by atoms with Crippen LogP contribution in [0.1, 0.15) is 105 Å². The fraction of sp³-hybridized carbons (Fsp3) is 1.00. The lowest BCUT2D eigenvalue weighted by molar-refractivity contribution is 0.583. The second-order valence-corrected chi connectivity index (χ2v) is 17.0. The summed E-state index contributed by atoms with van der Waals surface area (Å²) in [5.74, 6) is 4.17. The highest BCUT2D eigenvalue weighted by atomic mass is 31.1. The van der Waals surface area contributed by atoms with Gasteiger partial charge in [-0.1, -0.05) is 94.9 Å². The molecule has 0 N–H and O–H groups in total. The lowest BCUT2D eigenvalue weighted by Gasteiger charge is -2.40. The van der Waals surface area contributed by atoms with Gasteiger partial charge in [-0.15, -0.1) is 0 Å². The summed E-state index contributed by atoms with van der Waals surface area (Å²) >= 11 is 0. The van der Waals surface area contributed by atoms with E-state index >= 15 is 0 Å². The van der Waals surface area contributed by atoms with Gasteiger partial charge in [-0.05, 0) is 84.3 Å². The zero-order chi connectivity index (χ0) is 19.7. The van der Waals surface area contributed by atoms with Crippen LogP contribution in [0.25, 0.3) is 0 Å². The fourth-order valence-corrected chi connectivity index (χ4v) is 17.3. The molecule has 0 bridgehead atoms. The highest BCUT2D eigenvalue weighted by Crippen LogP contribution is 2.65. The second-order valence-electron chi connectivity index (χ2n) is 11.4. The second kappa shape index (κ2) is 9.99. The minimum atomic E-state index is 0.285. The van der Waals surface area contributed by atoms with Gasteiger partial charge in [0.25, 0.3) is 0 Å². The van der Waals surface area contributed by atoms with Crippen molar-refractivity contribution < 1.29 is 0 Å². The van der Waals surface area contributed by atoms with Crippen LogP contribution in [0.2, 0.25) is 0 Å². The molecule has 4 rings (SSSR count). The summed E-state index contributed by atoms with van der Waals surface area (Å²) in [6, 6.07) is 0. The monoisotopic (exact) mass is 422 g/mol. The van der Waals surface area contributed by atoms with Crippen molar-refractivity contribution >= 4 is 15.8 Å². The summed E-state index contributed by atoms with van der Waals surface area (Å²) in [5, 5.41) is 0. The number of rotatable bonds is 7. The maximum atomic E-state index is 2.62. The molecule has 8 atom stereocenters. The Bertz CT molecular complexity index is 407. The Balaban J connectivity index is 1.49. The van der Waals surface area contributed by atoms with Crippen LogP contribution in [0.3, 0.4) is 0 Å². The first-order valence-corrected chi connectivity index (χ1v) is 16.4. The van der Waals surface area contributed by atoms with Crippen molar-refractivity contribution in [2.75, 3.05) is 12.3 Å². The van der Waals surface area contributed by atoms with Crippen LogP contribution in [0.4, 0.5) is 0 Å². The molecule has 0 aromatic heterocycles. The van der Waals surface area contributed by atoms with Crippen LogP contribution in [-0.2, 0) is 0 Å². The van der Waals surface area contributed by atoms with Crippen molar-refractivity contribution in [2.24, 2.45) is 23.7 Å². The van der Waals surface area contributed by atoms with Crippen molar-refractivity contribution in [1.82, 2.24) is 0 Å². The molecule has 4 aliphatic rings. The van der Waals surface area contributed by atoms with E-state index in [-0.39, 0.29) is 15.8 Å². The molecule has 2 heteroatoms. The molecule has 4 aliphatic carbocycles. The van der Waals surface area contributed by atoms with Crippen LogP contribution < -0.4 is 0 Å². The highest BCUT2D eigenvalue weighted by molar-refractivity contribution is 7.63. The van der Waals surface area contributed by atoms with Gasteiger partial charge in [0, 0.05) is 0 Å². The van der Waals surface area contributed by atoms with E-state index in [2.05, 4.69) is 27.7 Å². The van der Waals surface area contributed by atoms with Crippen molar-refractivity contribution in [3.63, 3.8) is 0 Å². The summed E-state index contributed by atoms with van der Waals surface area (Å²) in [5.41, 5.74) is 4.55. The predicted molar refractivity (Wildman–Crippen MR) is 131 cm³/mol. The molecule has 28 heavy (non-hydrogen) atoms. The van der Waals surface area contributed by atoms with Crippen LogP contribution in [0.15, 0.2) is 0 Å². The van der Waals surface area contributed by atoms with E-state index in [4.69, 9.17) is 0 Å². The lowest BCUT2D eigenvalue weighted by atomic mass is 10.1. The fourth-order valence-electron chi connectivity index (χ4n) is 7.86. The molecule has 0 aromatic carbocycles. The normalized spacial score (nSPS) is 46.3. The zero-order valence-electron chi connectivity index (χ0n) is 19.4. The lowest BCUT2D eigenvalue weighted by Crippen LogP contribution is -2.26. The van der Waals surface area contributed by atoms with Crippen LogP contribution >= 0.6 is 15.8 Å². The van der Waals surface area contributed by atoms with Gasteiger partial charge in [-0.25, -0.2) is 0 Å². The first kappa shape index (κ1) is 22.1. The highest BCUT2D eigenvalue weighted by Gasteiger charge is 2.42. The van der Waals surface area contributed by atoms with Gasteiger partial charge >= 0.3 is 0 Å². The minimum absolute atomic E-state index is 0.285. The van der Waals surface area contributed by atoms with Gasteiger partial charge in [-0.2, -0.15) is 0 Å². The molecule has 0 radical (unpaired) electrons. The van der Waals surface area contributed by atoms with Crippen molar-refractivity contribution in [3.8, 4) is 0 Å². The molecule has 0 nitrogen and oxygen atoms in total. The first-order valence-electron chi connectivity index (χ1n) is 13.1. The number of hydrogen-bond donors (Lipinski definition) is 0. The molecule has 4 saturated carbocycles. The quantitative estimate of drug-likeness (QED) is 0.360. The average Bonchev–Trinajstić information content (AvgIpc) is 3.45. The summed E-state index contributed by atoms with van der Waals surface area (Å²) < 4.78 is 0. The zero-order valence-corrected chi connectivity index (χ0v) is 21.2.